The van der Waals surface area contributed by atoms with Crippen LogP contribution in [0.15, 0.2) is 47.6 Å². The molecule has 2 bridgehead atoms. The number of esters is 1. The molecule has 10 nitrogen and oxygen atoms in total. The Morgan fingerprint density at radius 2 is 1.68 bits per heavy atom. The smallest absolute Gasteiger partial charge is 0.332 e. The molecule has 1 aliphatic heterocycles. The van der Waals surface area contributed by atoms with E-state index in [1.54, 1.807) is 6.08 Å². The van der Waals surface area contributed by atoms with Crippen LogP contribution in [0.4, 0.5) is 0 Å². The first-order chi connectivity index (χ1) is 27.4. The van der Waals surface area contributed by atoms with Crippen LogP contribution in [0.5, 0.6) is 0 Å². The minimum atomic E-state index is -2.15. The molecule has 1 spiro atoms. The fourth-order valence-corrected chi connectivity index (χ4v) is 17.8. The van der Waals surface area contributed by atoms with Crippen molar-refractivity contribution >= 4 is 12.3 Å². The molecule has 310 valence electrons. The average Bonchev–Trinajstić information content (AvgIpc) is 3.87. The Bertz CT molecular complexity index is 1840. The molecule has 0 aromatic heterocycles. The topological polar surface area (TPSA) is 169 Å². The highest BCUT2D eigenvalue weighted by atomic mass is 16.6. The molecule has 7 saturated carbocycles. The van der Waals surface area contributed by atoms with E-state index in [1.807, 2.05) is 13.1 Å². The molecular weight excluding hydrogens is 721 g/mol. The summed E-state index contributed by atoms with van der Waals surface area (Å²) in [7, 11) is 1.91. The van der Waals surface area contributed by atoms with E-state index in [1.165, 1.54) is 25.7 Å². The first kappa shape index (κ1) is 37.8. The second-order valence-corrected chi connectivity index (χ2v) is 21.1. The third-order valence-electron chi connectivity index (χ3n) is 19.6. The number of aliphatic hydroxyl groups excluding tert-OH is 2. The lowest BCUT2D eigenvalue weighted by Gasteiger charge is -2.76. The van der Waals surface area contributed by atoms with Gasteiger partial charge in [0, 0.05) is 48.9 Å². The molecule has 11 aliphatic rings. The number of carbonyl (C=O) groups is 2. The first-order valence-corrected chi connectivity index (χ1v) is 22.8. The van der Waals surface area contributed by atoms with E-state index in [9.17, 15) is 35.1 Å². The molecular formula is C47H64N2O8. The van der Waals surface area contributed by atoms with Gasteiger partial charge in [-0.15, -0.1) is 0 Å². The van der Waals surface area contributed by atoms with Gasteiger partial charge in [0.15, 0.2) is 5.60 Å². The second kappa shape index (κ2) is 12.7. The molecule has 7 N–H and O–H groups in total. The van der Waals surface area contributed by atoms with Crippen LogP contribution in [0.25, 0.3) is 0 Å². The zero-order chi connectivity index (χ0) is 39.3. The summed E-state index contributed by atoms with van der Waals surface area (Å²) in [6.07, 6.45) is 21.5. The molecule has 1 heterocycles. The monoisotopic (exact) mass is 784 g/mol. The number of likely N-dealkylation sites (N-methyl/N-ethyl adjacent to an activating group) is 1. The number of nitrogens with one attached hydrogen (secondary N) is 2. The number of rotatable bonds is 7. The van der Waals surface area contributed by atoms with Gasteiger partial charge in [-0.05, 0) is 123 Å². The van der Waals surface area contributed by atoms with Crippen LogP contribution in [-0.2, 0) is 14.3 Å². The van der Waals surface area contributed by atoms with Gasteiger partial charge in [0.2, 0.25) is 0 Å². The van der Waals surface area contributed by atoms with Gasteiger partial charge in [0.1, 0.15) is 17.5 Å². The van der Waals surface area contributed by atoms with Crippen molar-refractivity contribution in [1.29, 1.82) is 0 Å². The third-order valence-corrected chi connectivity index (χ3v) is 19.6. The van der Waals surface area contributed by atoms with Crippen LogP contribution in [0.3, 0.4) is 0 Å². The summed E-state index contributed by atoms with van der Waals surface area (Å²) < 4.78 is 6.40. The maximum atomic E-state index is 14.5. The van der Waals surface area contributed by atoms with Crippen molar-refractivity contribution < 1.29 is 39.9 Å². The van der Waals surface area contributed by atoms with Gasteiger partial charge in [0.05, 0.1) is 23.2 Å². The molecule has 10 heteroatoms. The summed E-state index contributed by atoms with van der Waals surface area (Å²) in [6.45, 7) is 2.04. The summed E-state index contributed by atoms with van der Waals surface area (Å²) in [4.78, 5) is 28.0. The molecule has 11 rings (SSSR count). The van der Waals surface area contributed by atoms with Gasteiger partial charge in [-0.3, -0.25) is 0 Å². The Morgan fingerprint density at radius 3 is 2.47 bits per heavy atom. The Balaban J connectivity index is 1.10. The minimum absolute atomic E-state index is 0.0808. The molecule has 10 aliphatic carbocycles. The van der Waals surface area contributed by atoms with E-state index in [0.717, 1.165) is 49.8 Å². The molecule has 0 aromatic carbocycles. The number of fused-ring (bicyclic) bond motifs is 2. The highest BCUT2D eigenvalue weighted by Crippen LogP contribution is 2.80. The minimum Gasteiger partial charge on any atom is -0.447 e. The summed E-state index contributed by atoms with van der Waals surface area (Å²) in [6, 6.07) is 0. The van der Waals surface area contributed by atoms with Gasteiger partial charge in [-0.1, -0.05) is 62.5 Å². The van der Waals surface area contributed by atoms with Crippen molar-refractivity contribution in [3.63, 3.8) is 0 Å². The third kappa shape index (κ3) is 4.37. The van der Waals surface area contributed by atoms with Crippen molar-refractivity contribution in [2.45, 2.75) is 125 Å². The van der Waals surface area contributed by atoms with Crippen molar-refractivity contribution in [3.8, 4) is 0 Å². The number of allylic oxidation sites excluding steroid dienone is 5. The number of hydrogen-bond donors (Lipinski definition) is 7. The quantitative estimate of drug-likeness (QED) is 0.0879. The predicted octanol–water partition coefficient (Wildman–Crippen LogP) is 3.52. The largest absolute Gasteiger partial charge is 0.447 e. The van der Waals surface area contributed by atoms with Crippen molar-refractivity contribution in [2.75, 3.05) is 26.7 Å². The number of carbonyl (C=O) groups excluding carboxylic acids is 2. The van der Waals surface area contributed by atoms with Crippen LogP contribution >= 0.6 is 0 Å². The fourth-order valence-electron chi connectivity index (χ4n) is 17.8. The normalized spacial score (nSPS) is 55.2. The van der Waals surface area contributed by atoms with E-state index < -0.39 is 75.0 Å². The number of ether oxygens (including phenoxy) is 1. The van der Waals surface area contributed by atoms with E-state index in [4.69, 9.17) is 4.74 Å². The maximum Gasteiger partial charge on any atom is 0.332 e. The van der Waals surface area contributed by atoms with Crippen molar-refractivity contribution in [1.82, 2.24) is 10.6 Å². The van der Waals surface area contributed by atoms with Crippen molar-refractivity contribution in [3.05, 3.63) is 47.6 Å². The van der Waals surface area contributed by atoms with Crippen LogP contribution in [0, 0.1) is 75.9 Å². The highest BCUT2D eigenvalue weighted by molar-refractivity contribution is 5.88. The Hall–Kier alpha value is -2.18. The molecule has 0 radical (unpaired) electrons. The van der Waals surface area contributed by atoms with Crippen LogP contribution in [0.2, 0.25) is 0 Å². The average molecular weight is 785 g/mol. The van der Waals surface area contributed by atoms with Gasteiger partial charge < -0.3 is 45.7 Å². The molecule has 57 heavy (non-hydrogen) atoms. The van der Waals surface area contributed by atoms with Gasteiger partial charge in [-0.25, -0.2) is 4.79 Å². The maximum absolute atomic E-state index is 14.5. The molecule has 0 amide bonds. The zero-order valence-corrected chi connectivity index (χ0v) is 33.5. The number of aldehydes is 1. The lowest BCUT2D eigenvalue weighted by atomic mass is 9.30. The Kier molecular flexibility index (Phi) is 8.41. The van der Waals surface area contributed by atoms with Gasteiger partial charge in [-0.2, -0.15) is 0 Å². The summed E-state index contributed by atoms with van der Waals surface area (Å²) in [5.41, 5.74) is -7.26. The molecule has 0 aromatic rings. The van der Waals surface area contributed by atoms with E-state index in [0.29, 0.717) is 50.5 Å². The predicted molar refractivity (Wildman–Crippen MR) is 211 cm³/mol. The second-order valence-electron chi connectivity index (χ2n) is 21.1. The van der Waals surface area contributed by atoms with Gasteiger partial charge >= 0.3 is 5.97 Å². The lowest BCUT2D eigenvalue weighted by molar-refractivity contribution is -0.390. The molecule has 18 unspecified atom stereocenters. The van der Waals surface area contributed by atoms with Crippen LogP contribution < -0.4 is 10.6 Å². The number of hydrogen-bond acceptors (Lipinski definition) is 10. The van der Waals surface area contributed by atoms with Crippen LogP contribution in [0.1, 0.15) is 89.9 Å². The van der Waals surface area contributed by atoms with Crippen molar-refractivity contribution in [2.24, 2.45) is 75.9 Å². The standard InChI is InChI=1S/C47H64N2O8/c1-48-15-16-49-24-31-17-29-23-45(54)42(13-4-5-14-44(31)35(39(29)42)21-38(52)57-44)22-28-11-12-30-19-37(51)34-18-27-9-6-10-32(26-7-2-3-8-26)33(27)20-36-41(53)47(45,56)40(28)43(30,25-50)46(34,36)55/h6,9,11-12,17,21,25-30,32-34,36-37,39-41,48-49,51,53-56H,2-5,7-8,10,13-16,18-20,22-24H2,1H3. The highest BCUT2D eigenvalue weighted by Gasteiger charge is 2.88. The molecule has 18 atom stereocenters. The molecule has 7 fully saturated rings. The van der Waals surface area contributed by atoms with Crippen LogP contribution in [-0.4, -0.2) is 99.1 Å². The van der Waals surface area contributed by atoms with E-state index in [2.05, 4.69) is 34.9 Å². The van der Waals surface area contributed by atoms with E-state index >= 15 is 0 Å². The summed E-state index contributed by atoms with van der Waals surface area (Å²) in [5.74, 6) is -3.35. The Labute approximate surface area is 336 Å². The lowest BCUT2D eigenvalue weighted by Crippen LogP contribution is -2.88. The first-order valence-electron chi connectivity index (χ1n) is 22.8. The molecule has 0 saturated heterocycles. The number of aliphatic hydroxyl groups is 5. The summed E-state index contributed by atoms with van der Waals surface area (Å²) >= 11 is 0. The summed E-state index contributed by atoms with van der Waals surface area (Å²) in [5, 5.41) is 74.6. The Morgan fingerprint density at radius 1 is 0.877 bits per heavy atom. The van der Waals surface area contributed by atoms with Gasteiger partial charge in [0.25, 0.3) is 0 Å². The van der Waals surface area contributed by atoms with E-state index in [-0.39, 0.29) is 42.5 Å². The SMILES string of the molecule is CNCCNCC1=CC2CC3(O)C4(CCCCC15OC(=O)C=C5C24)CC1C=CC2CC(O)C4CC5C=CCC(C6CCCC6)C5CC5C(O)C3(O)C1C2(C=O)C45O. The fraction of sp³-hybridized carbons (Fsp3) is 0.787. The zero-order valence-electron chi connectivity index (χ0n) is 33.5.